The van der Waals surface area contributed by atoms with Gasteiger partial charge in [0.25, 0.3) is 5.56 Å². The second-order valence-electron chi connectivity index (χ2n) is 3.32. The number of hydrogen-bond donors (Lipinski definition) is 1. The van der Waals surface area contributed by atoms with Crippen molar-refractivity contribution in [1.29, 1.82) is 0 Å². The lowest BCUT2D eigenvalue weighted by atomic mass is 10.3. The van der Waals surface area contributed by atoms with Crippen LogP contribution in [0.25, 0.3) is 0 Å². The predicted octanol–water partition coefficient (Wildman–Crippen LogP) is -0.0398. The number of aryl methyl sites for hydroxylation is 1. The molecule has 0 saturated carbocycles. The topological polar surface area (TPSA) is 80.1 Å². The first kappa shape index (κ1) is 10.3. The van der Waals surface area contributed by atoms with Gasteiger partial charge in [0.15, 0.2) is 0 Å². The van der Waals surface area contributed by atoms with Crippen molar-refractivity contribution < 1.29 is 0 Å². The number of nitrogens with zero attached hydrogens (tertiary/aromatic N) is 3. The monoisotopic (exact) mass is 218 g/mol. The highest BCUT2D eigenvalue weighted by Crippen LogP contribution is 2.05. The molecule has 1 aromatic heterocycles. The van der Waals surface area contributed by atoms with Crippen molar-refractivity contribution in [1.82, 2.24) is 14.9 Å². The summed E-state index contributed by atoms with van der Waals surface area (Å²) in [6.07, 6.45) is 8.10. The Hall–Kier alpha value is -2.24. The molecule has 0 atom stereocenters. The van der Waals surface area contributed by atoms with Gasteiger partial charge in [0.05, 0.1) is 6.21 Å². The van der Waals surface area contributed by atoms with Gasteiger partial charge in [-0.1, -0.05) is 18.2 Å². The Morgan fingerprint density at radius 1 is 1.56 bits per heavy atom. The van der Waals surface area contributed by atoms with Crippen LogP contribution in [-0.4, -0.2) is 21.1 Å². The first-order chi connectivity index (χ1) is 7.68. The smallest absolute Gasteiger partial charge is 0.265 e. The second kappa shape index (κ2) is 4.09. The van der Waals surface area contributed by atoms with Gasteiger partial charge in [0.2, 0.25) is 0 Å². The van der Waals surface area contributed by atoms with Crippen LogP contribution in [0.3, 0.4) is 0 Å². The molecule has 0 amide bonds. The third kappa shape index (κ3) is 1.90. The maximum absolute atomic E-state index is 11.5. The molecule has 0 fully saturated rings. The first-order valence-electron chi connectivity index (χ1n) is 4.78. The molecule has 0 bridgehead atoms. The van der Waals surface area contributed by atoms with Crippen LogP contribution < -0.4 is 11.2 Å². The van der Waals surface area contributed by atoms with Crippen LogP contribution in [0.4, 0.5) is 0 Å². The van der Waals surface area contributed by atoms with Gasteiger partial charge in [0.1, 0.15) is 5.69 Å². The van der Waals surface area contributed by atoms with Gasteiger partial charge in [0, 0.05) is 0 Å². The molecule has 0 saturated heterocycles. The number of nitrogens with one attached hydrogen (secondary N) is 1. The van der Waals surface area contributed by atoms with E-state index in [0.717, 1.165) is 16.7 Å². The van der Waals surface area contributed by atoms with Crippen LogP contribution in [0.2, 0.25) is 0 Å². The fourth-order valence-electron chi connectivity index (χ4n) is 1.27. The van der Waals surface area contributed by atoms with Crippen molar-refractivity contribution in [2.24, 2.45) is 5.10 Å². The molecule has 1 N–H and O–H groups in total. The molecule has 0 unspecified atom stereocenters. The van der Waals surface area contributed by atoms with E-state index in [1.807, 2.05) is 18.2 Å². The third-order valence-corrected chi connectivity index (χ3v) is 2.14. The predicted molar refractivity (Wildman–Crippen MR) is 59.6 cm³/mol. The largest absolute Gasteiger partial charge is 0.365 e. The lowest BCUT2D eigenvalue weighted by Gasteiger charge is -1.96. The van der Waals surface area contributed by atoms with Crippen LogP contribution in [0.5, 0.6) is 0 Å². The highest BCUT2D eigenvalue weighted by Gasteiger charge is 2.03. The zero-order valence-corrected chi connectivity index (χ0v) is 8.67. The van der Waals surface area contributed by atoms with E-state index in [9.17, 15) is 9.59 Å². The highest BCUT2D eigenvalue weighted by molar-refractivity contribution is 5.83. The second-order valence-corrected chi connectivity index (χ2v) is 3.32. The summed E-state index contributed by atoms with van der Waals surface area (Å²) in [6, 6.07) is 0. The molecule has 0 radical (unpaired) electrons. The Labute approximate surface area is 90.6 Å². The summed E-state index contributed by atoms with van der Waals surface area (Å²) in [7, 11) is 0. The van der Waals surface area contributed by atoms with Gasteiger partial charge < -0.3 is 0 Å². The number of aromatic nitrogens is 3. The maximum atomic E-state index is 11.5. The van der Waals surface area contributed by atoms with Gasteiger partial charge in [-0.3, -0.25) is 4.79 Å². The van der Waals surface area contributed by atoms with Crippen molar-refractivity contribution in [3.05, 3.63) is 50.3 Å². The molecule has 6 nitrogen and oxygen atoms in total. The van der Waals surface area contributed by atoms with Gasteiger partial charge in [-0.15, -0.1) is 4.68 Å². The molecule has 1 aliphatic rings. The molecule has 0 spiro atoms. The molecule has 16 heavy (non-hydrogen) atoms. The van der Waals surface area contributed by atoms with E-state index in [1.54, 1.807) is 0 Å². The summed E-state index contributed by atoms with van der Waals surface area (Å²) >= 11 is 0. The Bertz CT molecular complexity index is 604. The van der Waals surface area contributed by atoms with Crippen LogP contribution in [0.15, 0.2) is 38.5 Å². The van der Waals surface area contributed by atoms with Crippen molar-refractivity contribution in [3.8, 4) is 0 Å². The number of allylic oxidation sites excluding steroid dienone is 4. The molecule has 6 heteroatoms. The fourth-order valence-corrected chi connectivity index (χ4v) is 1.27. The summed E-state index contributed by atoms with van der Waals surface area (Å²) in [5.74, 6) is 0. The van der Waals surface area contributed by atoms with Crippen molar-refractivity contribution >= 4 is 6.21 Å². The Kier molecular flexibility index (Phi) is 2.63. The third-order valence-electron chi connectivity index (χ3n) is 2.14. The fraction of sp³-hybridized carbons (Fsp3) is 0.200. The summed E-state index contributed by atoms with van der Waals surface area (Å²) in [4.78, 5) is 22.8. The minimum Gasteiger partial charge on any atom is -0.265 e. The molecular formula is C10H10N4O2. The van der Waals surface area contributed by atoms with E-state index in [4.69, 9.17) is 0 Å². The minimum absolute atomic E-state index is 0.202. The molecule has 0 aliphatic heterocycles. The van der Waals surface area contributed by atoms with Gasteiger partial charge >= 0.3 is 5.69 Å². The molecule has 0 aromatic carbocycles. The first-order valence-corrected chi connectivity index (χ1v) is 4.78. The van der Waals surface area contributed by atoms with Crippen molar-refractivity contribution in [2.45, 2.75) is 13.3 Å². The van der Waals surface area contributed by atoms with E-state index in [0.29, 0.717) is 0 Å². The standard InChI is InChI=1S/C10H10N4O2/c1-7-9(15)14(10(16)13-12-7)11-6-8-4-2-3-5-8/h2,4-6H,3H2,1H3,(H,13,16)/b11-6+. The number of aromatic amines is 1. The molecular weight excluding hydrogens is 208 g/mol. The van der Waals surface area contributed by atoms with Gasteiger partial charge in [-0.2, -0.15) is 10.2 Å². The quantitative estimate of drug-likeness (QED) is 0.707. The van der Waals surface area contributed by atoms with Crippen LogP contribution in [0, 0.1) is 6.92 Å². The Balaban J connectivity index is 2.42. The summed E-state index contributed by atoms with van der Waals surface area (Å²) in [5.41, 5.74) is -0.0783. The molecule has 1 aromatic rings. The van der Waals surface area contributed by atoms with Crippen molar-refractivity contribution in [3.63, 3.8) is 0 Å². The van der Waals surface area contributed by atoms with Crippen LogP contribution in [0.1, 0.15) is 12.1 Å². The SMILES string of the molecule is Cc1n[nH]c(=O)n(/N=C/C2=CCC=C2)c1=O. The zero-order chi connectivity index (χ0) is 11.5. The number of hydrogen-bond acceptors (Lipinski definition) is 4. The minimum atomic E-state index is -0.644. The zero-order valence-electron chi connectivity index (χ0n) is 8.67. The summed E-state index contributed by atoms with van der Waals surface area (Å²) < 4.78 is 0.759. The van der Waals surface area contributed by atoms with Gasteiger partial charge in [-0.05, 0) is 18.9 Å². The van der Waals surface area contributed by atoms with Crippen LogP contribution in [-0.2, 0) is 0 Å². The normalized spacial score (nSPS) is 14.7. The maximum Gasteiger partial charge on any atom is 0.365 e. The van der Waals surface area contributed by atoms with Gasteiger partial charge in [-0.25, -0.2) is 9.89 Å². The Morgan fingerprint density at radius 3 is 3.06 bits per heavy atom. The molecule has 2 rings (SSSR count). The van der Waals surface area contributed by atoms with E-state index < -0.39 is 11.2 Å². The lowest BCUT2D eigenvalue weighted by Crippen LogP contribution is -2.35. The van der Waals surface area contributed by atoms with E-state index in [-0.39, 0.29) is 5.69 Å². The van der Waals surface area contributed by atoms with E-state index in [1.165, 1.54) is 13.1 Å². The average Bonchev–Trinajstić information content (AvgIpc) is 2.77. The molecule has 1 aliphatic carbocycles. The number of H-pyrrole nitrogens is 1. The highest BCUT2D eigenvalue weighted by atomic mass is 16.2. The average molecular weight is 218 g/mol. The van der Waals surface area contributed by atoms with Crippen molar-refractivity contribution in [2.75, 3.05) is 0 Å². The lowest BCUT2D eigenvalue weighted by molar-refractivity contribution is 0.694. The molecule has 1 heterocycles. The summed E-state index contributed by atoms with van der Waals surface area (Å²) in [6.45, 7) is 1.51. The molecule has 82 valence electrons. The van der Waals surface area contributed by atoms with E-state index in [2.05, 4.69) is 15.3 Å². The van der Waals surface area contributed by atoms with E-state index >= 15 is 0 Å². The number of rotatable bonds is 2. The van der Waals surface area contributed by atoms with Crippen LogP contribution >= 0.6 is 0 Å². The Morgan fingerprint density at radius 2 is 2.38 bits per heavy atom. The summed E-state index contributed by atoms with van der Waals surface area (Å²) in [5, 5.41) is 9.56.